The van der Waals surface area contributed by atoms with Gasteiger partial charge in [-0.2, -0.15) is 11.8 Å². The van der Waals surface area contributed by atoms with E-state index in [1.807, 2.05) is 0 Å². The molecule has 1 rings (SSSR count). The zero-order chi connectivity index (χ0) is 10.9. The molecule has 2 unspecified atom stereocenters. The molecule has 2 heteroatoms. The Morgan fingerprint density at radius 1 is 1.33 bits per heavy atom. The molecule has 0 saturated carbocycles. The maximum absolute atomic E-state index is 3.68. The lowest BCUT2D eigenvalue weighted by molar-refractivity contribution is 0.480. The molecule has 1 aliphatic rings. The van der Waals surface area contributed by atoms with Gasteiger partial charge in [0.05, 0.1) is 0 Å². The molecule has 90 valence electrons. The van der Waals surface area contributed by atoms with Crippen LogP contribution in [0.1, 0.15) is 58.8 Å². The van der Waals surface area contributed by atoms with Crippen LogP contribution in [-0.2, 0) is 0 Å². The molecule has 1 N–H and O–H groups in total. The first-order valence-corrected chi connectivity index (χ1v) is 7.72. The van der Waals surface area contributed by atoms with Crippen LogP contribution < -0.4 is 5.32 Å². The van der Waals surface area contributed by atoms with Gasteiger partial charge in [0.1, 0.15) is 0 Å². The van der Waals surface area contributed by atoms with Crippen LogP contribution in [0.15, 0.2) is 0 Å². The molecule has 1 saturated heterocycles. The first kappa shape index (κ1) is 13.4. The molecule has 0 bridgehead atoms. The highest BCUT2D eigenvalue weighted by molar-refractivity contribution is 8.00. The van der Waals surface area contributed by atoms with Gasteiger partial charge < -0.3 is 5.32 Å². The van der Waals surface area contributed by atoms with Crippen molar-refractivity contribution in [1.29, 1.82) is 0 Å². The first-order chi connectivity index (χ1) is 7.33. The largest absolute Gasteiger partial charge is 0.313 e. The minimum Gasteiger partial charge on any atom is -0.313 e. The Labute approximate surface area is 99.8 Å². The van der Waals surface area contributed by atoms with Crippen LogP contribution in [0.4, 0.5) is 0 Å². The van der Waals surface area contributed by atoms with E-state index in [-0.39, 0.29) is 0 Å². The molecule has 0 aromatic heterocycles. The number of unbranched alkanes of at least 4 members (excludes halogenated alkanes) is 3. The van der Waals surface area contributed by atoms with E-state index in [0.29, 0.717) is 0 Å². The number of thioether (sulfide) groups is 1. The van der Waals surface area contributed by atoms with Crippen molar-refractivity contribution in [3.8, 4) is 0 Å². The van der Waals surface area contributed by atoms with Gasteiger partial charge in [-0.3, -0.25) is 0 Å². The first-order valence-electron chi connectivity index (χ1n) is 6.68. The molecular weight excluding hydrogens is 202 g/mol. The Balaban J connectivity index is 1.90. The minimum atomic E-state index is 0.725. The number of rotatable bonds is 8. The summed E-state index contributed by atoms with van der Waals surface area (Å²) in [5.74, 6) is 1.39. The van der Waals surface area contributed by atoms with E-state index in [0.717, 1.165) is 11.3 Å². The molecule has 0 aromatic carbocycles. The average molecular weight is 229 g/mol. The molecule has 1 heterocycles. The maximum Gasteiger partial charge on any atom is 0.0172 e. The van der Waals surface area contributed by atoms with Gasteiger partial charge in [0.15, 0.2) is 0 Å². The summed E-state index contributed by atoms with van der Waals surface area (Å²) >= 11 is 2.15. The summed E-state index contributed by atoms with van der Waals surface area (Å²) in [6.45, 7) is 5.85. The van der Waals surface area contributed by atoms with Gasteiger partial charge in [-0.15, -0.1) is 0 Å². The SMILES string of the molecule is CCCCCCC(C)NCC1CCCS1. The van der Waals surface area contributed by atoms with Gasteiger partial charge >= 0.3 is 0 Å². The van der Waals surface area contributed by atoms with Crippen molar-refractivity contribution in [2.75, 3.05) is 12.3 Å². The van der Waals surface area contributed by atoms with Gasteiger partial charge in [0.2, 0.25) is 0 Å². The molecule has 2 atom stereocenters. The zero-order valence-corrected chi connectivity index (χ0v) is 11.2. The van der Waals surface area contributed by atoms with Crippen molar-refractivity contribution in [3.63, 3.8) is 0 Å². The highest BCUT2D eigenvalue weighted by Gasteiger charge is 2.15. The molecule has 15 heavy (non-hydrogen) atoms. The molecule has 1 fully saturated rings. The number of hydrogen-bond donors (Lipinski definition) is 1. The second-order valence-electron chi connectivity index (χ2n) is 4.79. The van der Waals surface area contributed by atoms with Crippen LogP contribution in [0.25, 0.3) is 0 Å². The van der Waals surface area contributed by atoms with Crippen LogP contribution in [0.5, 0.6) is 0 Å². The van der Waals surface area contributed by atoms with Crippen molar-refractivity contribution in [1.82, 2.24) is 5.32 Å². The Bertz CT molecular complexity index is 143. The Morgan fingerprint density at radius 3 is 2.87 bits per heavy atom. The third-order valence-electron chi connectivity index (χ3n) is 3.21. The standard InChI is InChI=1S/C13H27NS/c1-3-4-5-6-8-12(2)14-11-13-9-7-10-15-13/h12-14H,3-11H2,1-2H3. The lowest BCUT2D eigenvalue weighted by atomic mass is 10.1. The molecule has 1 nitrogen and oxygen atoms in total. The van der Waals surface area contributed by atoms with Gasteiger partial charge in [-0.25, -0.2) is 0 Å². The number of hydrogen-bond acceptors (Lipinski definition) is 2. The smallest absolute Gasteiger partial charge is 0.0172 e. The van der Waals surface area contributed by atoms with E-state index >= 15 is 0 Å². The van der Waals surface area contributed by atoms with Crippen LogP contribution >= 0.6 is 11.8 Å². The summed E-state index contributed by atoms with van der Waals surface area (Å²) < 4.78 is 0. The van der Waals surface area contributed by atoms with Crippen molar-refractivity contribution in [3.05, 3.63) is 0 Å². The van der Waals surface area contributed by atoms with Gasteiger partial charge in [0.25, 0.3) is 0 Å². The predicted molar refractivity (Wildman–Crippen MR) is 71.7 cm³/mol. The fourth-order valence-corrected chi connectivity index (χ4v) is 3.33. The summed E-state index contributed by atoms with van der Waals surface area (Å²) in [5.41, 5.74) is 0. The second-order valence-corrected chi connectivity index (χ2v) is 6.20. The molecule has 0 amide bonds. The molecule has 0 spiro atoms. The summed E-state index contributed by atoms with van der Waals surface area (Å²) in [5, 5.41) is 4.59. The lowest BCUT2D eigenvalue weighted by Gasteiger charge is -2.16. The van der Waals surface area contributed by atoms with E-state index in [2.05, 4.69) is 30.9 Å². The van der Waals surface area contributed by atoms with Gasteiger partial charge in [-0.05, 0) is 31.9 Å². The number of nitrogens with one attached hydrogen (secondary N) is 1. The Hall–Kier alpha value is 0.310. The molecular formula is C13H27NS. The van der Waals surface area contributed by atoms with Crippen LogP contribution in [-0.4, -0.2) is 23.6 Å². The third kappa shape index (κ3) is 6.47. The predicted octanol–water partition coefficient (Wildman–Crippen LogP) is 3.83. The fourth-order valence-electron chi connectivity index (χ4n) is 2.12. The zero-order valence-electron chi connectivity index (χ0n) is 10.4. The van der Waals surface area contributed by atoms with Crippen LogP contribution in [0.3, 0.4) is 0 Å². The van der Waals surface area contributed by atoms with E-state index < -0.39 is 0 Å². The molecule has 0 aromatic rings. The van der Waals surface area contributed by atoms with E-state index in [1.54, 1.807) is 0 Å². The van der Waals surface area contributed by atoms with Crippen LogP contribution in [0.2, 0.25) is 0 Å². The summed E-state index contributed by atoms with van der Waals surface area (Å²) in [4.78, 5) is 0. The summed E-state index contributed by atoms with van der Waals surface area (Å²) in [7, 11) is 0. The Kier molecular flexibility index (Phi) is 7.54. The topological polar surface area (TPSA) is 12.0 Å². The Morgan fingerprint density at radius 2 is 2.20 bits per heavy atom. The fraction of sp³-hybridized carbons (Fsp3) is 1.00. The minimum absolute atomic E-state index is 0.725. The van der Waals surface area contributed by atoms with Crippen molar-refractivity contribution in [2.45, 2.75) is 70.1 Å². The summed E-state index contributed by atoms with van der Waals surface area (Å²) in [6.07, 6.45) is 9.80. The van der Waals surface area contributed by atoms with E-state index in [9.17, 15) is 0 Å². The van der Waals surface area contributed by atoms with Crippen molar-refractivity contribution >= 4 is 11.8 Å². The monoisotopic (exact) mass is 229 g/mol. The maximum atomic E-state index is 3.68. The van der Waals surface area contributed by atoms with Gasteiger partial charge in [-0.1, -0.05) is 32.6 Å². The second kappa shape index (κ2) is 8.46. The van der Waals surface area contributed by atoms with Crippen LogP contribution in [0, 0.1) is 0 Å². The molecule has 0 radical (unpaired) electrons. The van der Waals surface area contributed by atoms with Crippen molar-refractivity contribution in [2.24, 2.45) is 0 Å². The highest BCUT2D eigenvalue weighted by Crippen LogP contribution is 2.25. The van der Waals surface area contributed by atoms with E-state index in [4.69, 9.17) is 0 Å². The molecule has 1 aliphatic heterocycles. The lowest BCUT2D eigenvalue weighted by Crippen LogP contribution is -2.31. The molecule has 0 aliphatic carbocycles. The average Bonchev–Trinajstić information content (AvgIpc) is 2.74. The van der Waals surface area contributed by atoms with E-state index in [1.165, 1.54) is 57.2 Å². The third-order valence-corrected chi connectivity index (χ3v) is 4.61. The van der Waals surface area contributed by atoms with Gasteiger partial charge in [0, 0.05) is 17.8 Å². The normalized spacial score (nSPS) is 23.2. The quantitative estimate of drug-likeness (QED) is 0.635. The summed E-state index contributed by atoms with van der Waals surface area (Å²) in [6, 6.07) is 0.725. The van der Waals surface area contributed by atoms with Crippen molar-refractivity contribution < 1.29 is 0 Å². The highest BCUT2D eigenvalue weighted by atomic mass is 32.2.